The lowest BCUT2D eigenvalue weighted by Gasteiger charge is -2.22. The van der Waals surface area contributed by atoms with Crippen molar-refractivity contribution in [1.29, 1.82) is 0 Å². The maximum atomic E-state index is 13.1. The minimum absolute atomic E-state index is 0.0984. The number of benzene rings is 1. The first kappa shape index (κ1) is 18.0. The summed E-state index contributed by atoms with van der Waals surface area (Å²) in [6.45, 7) is 4.57. The molecule has 0 amide bonds. The monoisotopic (exact) mass is 369 g/mol. The molecule has 0 spiro atoms. The maximum absolute atomic E-state index is 13.1. The first-order chi connectivity index (χ1) is 13.2. The van der Waals surface area contributed by atoms with E-state index in [1.165, 1.54) is 0 Å². The van der Waals surface area contributed by atoms with Gasteiger partial charge in [-0.1, -0.05) is 30.3 Å². The summed E-state index contributed by atoms with van der Waals surface area (Å²) < 4.78 is 3.32. The van der Waals surface area contributed by atoms with E-state index in [1.807, 2.05) is 30.3 Å². The Morgan fingerprint density at radius 3 is 2.70 bits per heavy atom. The van der Waals surface area contributed by atoms with Crippen molar-refractivity contribution in [2.45, 2.75) is 51.7 Å². The van der Waals surface area contributed by atoms with Gasteiger partial charge in [-0.25, -0.2) is 14.0 Å². The molecule has 27 heavy (non-hydrogen) atoms. The summed E-state index contributed by atoms with van der Waals surface area (Å²) >= 11 is 0. The van der Waals surface area contributed by atoms with Crippen molar-refractivity contribution in [3.8, 4) is 5.69 Å². The molecule has 1 aromatic carbocycles. The van der Waals surface area contributed by atoms with Crippen LogP contribution in [0, 0.1) is 5.92 Å². The van der Waals surface area contributed by atoms with E-state index >= 15 is 0 Å². The number of para-hydroxylation sites is 1. The van der Waals surface area contributed by atoms with Crippen molar-refractivity contribution in [3.63, 3.8) is 0 Å². The van der Waals surface area contributed by atoms with Gasteiger partial charge in [0, 0.05) is 12.8 Å². The summed E-state index contributed by atoms with van der Waals surface area (Å²) in [6.07, 6.45) is 4.60. The van der Waals surface area contributed by atoms with E-state index in [1.54, 1.807) is 9.25 Å². The molecule has 7 nitrogen and oxygen atoms in total. The molecule has 1 saturated heterocycles. The highest BCUT2D eigenvalue weighted by Gasteiger charge is 2.25. The fourth-order valence-electron chi connectivity index (χ4n) is 3.87. The minimum Gasteiger partial charge on any atom is -0.390 e. The van der Waals surface area contributed by atoms with E-state index in [2.05, 4.69) is 17.4 Å². The van der Waals surface area contributed by atoms with Crippen LogP contribution in [0.15, 0.2) is 40.3 Å². The lowest BCUT2D eigenvalue weighted by molar-refractivity contribution is 0.0687. The molecule has 2 aliphatic rings. The Kier molecular flexibility index (Phi) is 5.38. The number of piperidine rings is 1. The molecule has 0 radical (unpaired) electrons. The van der Waals surface area contributed by atoms with Gasteiger partial charge in [0.25, 0.3) is 0 Å². The number of aromatic nitrogens is 3. The topological polar surface area (TPSA) is 73.4 Å². The van der Waals surface area contributed by atoms with Crippen LogP contribution in [-0.4, -0.2) is 39.3 Å². The third-order valence-electron chi connectivity index (χ3n) is 5.43. The summed E-state index contributed by atoms with van der Waals surface area (Å²) in [4.78, 5) is 18.6. The Hall–Kier alpha value is -2.41. The second-order valence-electron chi connectivity index (χ2n) is 7.39. The van der Waals surface area contributed by atoms with Crippen LogP contribution in [-0.2, 0) is 17.8 Å². The number of hydrogen-bond donors (Lipinski definition) is 1. The van der Waals surface area contributed by atoms with Gasteiger partial charge in [-0.15, -0.1) is 0 Å². The normalized spacial score (nSPS) is 20.5. The fraction of sp³-hybridized carbons (Fsp3) is 0.550. The van der Waals surface area contributed by atoms with Gasteiger partial charge in [-0.05, 0) is 50.4 Å². The van der Waals surface area contributed by atoms with Crippen molar-refractivity contribution in [2.75, 3.05) is 13.1 Å². The molecule has 4 rings (SSSR count). The van der Waals surface area contributed by atoms with Crippen molar-refractivity contribution in [3.05, 3.63) is 46.6 Å². The zero-order chi connectivity index (χ0) is 18.6. The van der Waals surface area contributed by atoms with Crippen LogP contribution in [0.2, 0.25) is 0 Å². The number of rotatable bonds is 6. The SMILES string of the molecule is CCC1=NOC(Cn2nc(CC3CCNCC3)n(-c3ccccc3)c2=O)C1. The van der Waals surface area contributed by atoms with Crippen molar-refractivity contribution >= 4 is 5.71 Å². The highest BCUT2D eigenvalue weighted by molar-refractivity contribution is 5.85. The summed E-state index contributed by atoms with van der Waals surface area (Å²) in [5.41, 5.74) is 1.82. The third kappa shape index (κ3) is 3.98. The summed E-state index contributed by atoms with van der Waals surface area (Å²) in [5, 5.41) is 12.2. The first-order valence-electron chi connectivity index (χ1n) is 9.91. The van der Waals surface area contributed by atoms with Crippen LogP contribution >= 0.6 is 0 Å². The Balaban J connectivity index is 1.61. The Bertz CT molecular complexity index is 849. The largest absolute Gasteiger partial charge is 0.390 e. The summed E-state index contributed by atoms with van der Waals surface area (Å²) in [7, 11) is 0. The molecule has 1 atom stereocenters. The molecule has 2 aromatic rings. The van der Waals surface area contributed by atoms with E-state index in [4.69, 9.17) is 9.94 Å². The van der Waals surface area contributed by atoms with E-state index in [9.17, 15) is 4.79 Å². The molecule has 2 aliphatic heterocycles. The van der Waals surface area contributed by atoms with Gasteiger partial charge in [0.1, 0.15) is 5.82 Å². The third-order valence-corrected chi connectivity index (χ3v) is 5.43. The van der Waals surface area contributed by atoms with E-state index in [0.717, 1.165) is 62.4 Å². The molecule has 1 fully saturated rings. The second-order valence-corrected chi connectivity index (χ2v) is 7.39. The maximum Gasteiger partial charge on any atom is 0.350 e. The molecular weight excluding hydrogens is 342 g/mol. The molecule has 3 heterocycles. The van der Waals surface area contributed by atoms with Crippen molar-refractivity contribution in [1.82, 2.24) is 19.7 Å². The molecule has 0 aliphatic carbocycles. The first-order valence-corrected chi connectivity index (χ1v) is 9.91. The number of hydrogen-bond acceptors (Lipinski definition) is 5. The average Bonchev–Trinajstić information content (AvgIpc) is 3.28. The standard InChI is InChI=1S/C20H27N5O2/c1-2-16-13-18(27-23-16)14-24-20(26)25(17-6-4-3-5-7-17)19(22-24)12-15-8-10-21-11-9-15/h3-7,15,18,21H,2,8-14H2,1H3. The highest BCUT2D eigenvalue weighted by Crippen LogP contribution is 2.19. The average molecular weight is 369 g/mol. The highest BCUT2D eigenvalue weighted by atomic mass is 16.6. The van der Waals surface area contributed by atoms with E-state index in [0.29, 0.717) is 12.5 Å². The van der Waals surface area contributed by atoms with Crippen LogP contribution in [0.25, 0.3) is 5.69 Å². The lowest BCUT2D eigenvalue weighted by atomic mass is 9.94. The van der Waals surface area contributed by atoms with Crippen LogP contribution in [0.1, 0.15) is 38.4 Å². The van der Waals surface area contributed by atoms with Gasteiger partial charge < -0.3 is 10.2 Å². The lowest BCUT2D eigenvalue weighted by Crippen LogP contribution is -2.30. The number of nitrogens with one attached hydrogen (secondary N) is 1. The summed E-state index contributed by atoms with van der Waals surface area (Å²) in [6, 6.07) is 9.79. The molecule has 1 unspecified atom stereocenters. The molecule has 1 aromatic heterocycles. The van der Waals surface area contributed by atoms with Crippen LogP contribution < -0.4 is 11.0 Å². The molecular formula is C20H27N5O2. The Morgan fingerprint density at radius 2 is 2.00 bits per heavy atom. The zero-order valence-corrected chi connectivity index (χ0v) is 15.8. The van der Waals surface area contributed by atoms with Gasteiger partial charge in [0.05, 0.1) is 17.9 Å². The van der Waals surface area contributed by atoms with Crippen LogP contribution in [0.4, 0.5) is 0 Å². The molecule has 1 N–H and O–H groups in total. The summed E-state index contributed by atoms with van der Waals surface area (Å²) in [5.74, 6) is 1.40. The van der Waals surface area contributed by atoms with Crippen LogP contribution in [0.5, 0.6) is 0 Å². The van der Waals surface area contributed by atoms with Gasteiger partial charge in [-0.3, -0.25) is 0 Å². The zero-order valence-electron chi connectivity index (χ0n) is 15.8. The molecule has 0 bridgehead atoms. The van der Waals surface area contributed by atoms with Gasteiger partial charge in [0.15, 0.2) is 6.10 Å². The predicted molar refractivity (Wildman–Crippen MR) is 104 cm³/mol. The van der Waals surface area contributed by atoms with Gasteiger partial charge >= 0.3 is 5.69 Å². The number of nitrogens with zero attached hydrogens (tertiary/aromatic N) is 4. The minimum atomic E-state index is -0.108. The van der Waals surface area contributed by atoms with E-state index < -0.39 is 0 Å². The molecule has 144 valence electrons. The molecule has 7 heteroatoms. The Morgan fingerprint density at radius 1 is 1.22 bits per heavy atom. The predicted octanol–water partition coefficient (Wildman–Crippen LogP) is 2.13. The molecule has 0 saturated carbocycles. The smallest absolute Gasteiger partial charge is 0.350 e. The van der Waals surface area contributed by atoms with Crippen LogP contribution in [0.3, 0.4) is 0 Å². The Labute approximate surface area is 159 Å². The fourth-order valence-corrected chi connectivity index (χ4v) is 3.87. The van der Waals surface area contributed by atoms with Gasteiger partial charge in [0.2, 0.25) is 0 Å². The van der Waals surface area contributed by atoms with Crippen molar-refractivity contribution < 1.29 is 4.84 Å². The quantitative estimate of drug-likeness (QED) is 0.847. The second kappa shape index (κ2) is 8.08. The van der Waals surface area contributed by atoms with Gasteiger partial charge in [-0.2, -0.15) is 5.10 Å². The van der Waals surface area contributed by atoms with E-state index in [-0.39, 0.29) is 11.8 Å². The number of oxime groups is 1. The van der Waals surface area contributed by atoms with Crippen molar-refractivity contribution in [2.24, 2.45) is 11.1 Å².